The number of nitrogens with zero attached hydrogens (tertiary/aromatic N) is 2. The number of hydrogen-bond acceptors (Lipinski definition) is 4. The second kappa shape index (κ2) is 3.36. The van der Waals surface area contributed by atoms with Crippen molar-refractivity contribution in [3.63, 3.8) is 0 Å². The normalized spacial score (nSPS) is 21.1. The van der Waals surface area contributed by atoms with Gasteiger partial charge in [-0.05, 0) is 32.1 Å². The van der Waals surface area contributed by atoms with Crippen LogP contribution in [0.3, 0.4) is 0 Å². The van der Waals surface area contributed by atoms with Crippen LogP contribution in [0, 0.1) is 0 Å². The first-order valence-electron chi connectivity index (χ1n) is 5.72. The lowest BCUT2D eigenvalue weighted by Crippen LogP contribution is -2.27. The molecule has 4 heteroatoms. The fraction of sp³-hybridized carbons (Fsp3) is 0.636. The first kappa shape index (κ1) is 8.95. The molecule has 1 heterocycles. The Kier molecular flexibility index (Phi) is 2.01. The van der Waals surface area contributed by atoms with Gasteiger partial charge in [0.05, 0.1) is 0 Å². The molecule has 15 heavy (non-hydrogen) atoms. The molecule has 0 bridgehead atoms. The Bertz CT molecular complexity index is 369. The van der Waals surface area contributed by atoms with Crippen LogP contribution >= 0.6 is 0 Å². The van der Waals surface area contributed by atoms with E-state index in [1.807, 2.05) is 6.07 Å². The molecule has 1 aromatic heterocycles. The van der Waals surface area contributed by atoms with Crippen LogP contribution in [0.1, 0.15) is 43.8 Å². The highest BCUT2D eigenvalue weighted by molar-refractivity contribution is 5.46. The number of aromatic nitrogens is 2. The molecule has 4 nitrogen and oxygen atoms in total. The summed E-state index contributed by atoms with van der Waals surface area (Å²) >= 11 is 0. The molecule has 2 fully saturated rings. The highest BCUT2D eigenvalue weighted by atomic mass is 15.1. The van der Waals surface area contributed by atoms with Crippen molar-refractivity contribution < 1.29 is 0 Å². The van der Waals surface area contributed by atoms with Gasteiger partial charge in [-0.3, -0.25) is 0 Å². The topological polar surface area (TPSA) is 63.8 Å². The Morgan fingerprint density at radius 2 is 2.00 bits per heavy atom. The van der Waals surface area contributed by atoms with E-state index >= 15 is 0 Å². The molecule has 0 amide bonds. The Hall–Kier alpha value is -1.32. The molecule has 0 aliphatic heterocycles. The highest BCUT2D eigenvalue weighted by Gasteiger charge is 2.27. The maximum Gasteiger partial charge on any atom is 0.136 e. The van der Waals surface area contributed by atoms with Crippen molar-refractivity contribution in [3.05, 3.63) is 11.9 Å². The van der Waals surface area contributed by atoms with E-state index in [0.717, 1.165) is 11.6 Å². The minimum atomic E-state index is 0.565. The highest BCUT2D eigenvalue weighted by Crippen LogP contribution is 2.38. The van der Waals surface area contributed by atoms with Crippen molar-refractivity contribution in [2.45, 2.75) is 44.1 Å². The molecule has 0 radical (unpaired) electrons. The van der Waals surface area contributed by atoms with Crippen LogP contribution in [0.4, 0.5) is 11.6 Å². The fourth-order valence-electron chi connectivity index (χ4n) is 1.85. The van der Waals surface area contributed by atoms with Crippen LogP contribution in [0.5, 0.6) is 0 Å². The molecule has 0 unspecified atom stereocenters. The lowest BCUT2D eigenvalue weighted by molar-refractivity contribution is 0.444. The monoisotopic (exact) mass is 204 g/mol. The van der Waals surface area contributed by atoms with Crippen molar-refractivity contribution in [3.8, 4) is 0 Å². The molecule has 0 atom stereocenters. The smallest absolute Gasteiger partial charge is 0.136 e. The molecule has 3 N–H and O–H groups in total. The average Bonchev–Trinajstić information content (AvgIpc) is 2.93. The summed E-state index contributed by atoms with van der Waals surface area (Å²) in [5.41, 5.74) is 5.77. The predicted molar refractivity (Wildman–Crippen MR) is 59.7 cm³/mol. The zero-order valence-corrected chi connectivity index (χ0v) is 8.74. The van der Waals surface area contributed by atoms with Crippen LogP contribution in [0.25, 0.3) is 0 Å². The second-order valence-electron chi connectivity index (χ2n) is 4.58. The van der Waals surface area contributed by atoms with E-state index in [1.54, 1.807) is 0 Å². The van der Waals surface area contributed by atoms with Crippen LogP contribution in [0.15, 0.2) is 6.07 Å². The van der Waals surface area contributed by atoms with Gasteiger partial charge in [0.25, 0.3) is 0 Å². The summed E-state index contributed by atoms with van der Waals surface area (Å²) in [6.07, 6.45) is 6.26. The van der Waals surface area contributed by atoms with Gasteiger partial charge in [-0.15, -0.1) is 0 Å². The van der Waals surface area contributed by atoms with E-state index < -0.39 is 0 Å². The number of nitrogens with one attached hydrogen (secondary N) is 1. The van der Waals surface area contributed by atoms with Gasteiger partial charge in [-0.1, -0.05) is 0 Å². The average molecular weight is 204 g/mol. The molecule has 0 spiro atoms. The molecule has 0 aromatic carbocycles. The van der Waals surface area contributed by atoms with Gasteiger partial charge in [0.1, 0.15) is 17.5 Å². The van der Waals surface area contributed by atoms with Crippen LogP contribution in [0.2, 0.25) is 0 Å². The summed E-state index contributed by atoms with van der Waals surface area (Å²) in [5.74, 6) is 3.00. The van der Waals surface area contributed by atoms with E-state index in [1.165, 1.54) is 32.1 Å². The third-order valence-electron chi connectivity index (χ3n) is 3.16. The molecule has 2 aliphatic rings. The number of hydrogen-bond donors (Lipinski definition) is 2. The van der Waals surface area contributed by atoms with Crippen molar-refractivity contribution >= 4 is 11.6 Å². The third kappa shape index (κ3) is 1.89. The van der Waals surface area contributed by atoms with Crippen molar-refractivity contribution in [1.82, 2.24) is 9.97 Å². The molecular weight excluding hydrogens is 188 g/mol. The number of anilines is 2. The first-order valence-corrected chi connectivity index (χ1v) is 5.72. The van der Waals surface area contributed by atoms with E-state index in [2.05, 4.69) is 15.3 Å². The summed E-state index contributed by atoms with van der Waals surface area (Å²) in [5, 5.41) is 3.41. The summed E-state index contributed by atoms with van der Waals surface area (Å²) in [4.78, 5) is 8.79. The Morgan fingerprint density at radius 3 is 2.60 bits per heavy atom. The van der Waals surface area contributed by atoms with Crippen LogP contribution in [-0.4, -0.2) is 16.0 Å². The van der Waals surface area contributed by atoms with Crippen LogP contribution < -0.4 is 11.1 Å². The number of rotatable bonds is 3. The summed E-state index contributed by atoms with van der Waals surface area (Å²) in [7, 11) is 0. The molecule has 2 saturated carbocycles. The molecule has 80 valence electrons. The molecule has 1 aromatic rings. The molecule has 0 saturated heterocycles. The van der Waals surface area contributed by atoms with E-state index in [0.29, 0.717) is 17.8 Å². The molecular formula is C11H16N4. The lowest BCUT2D eigenvalue weighted by Gasteiger charge is -2.27. The van der Waals surface area contributed by atoms with Crippen molar-refractivity contribution in [1.29, 1.82) is 0 Å². The Labute approximate surface area is 89.3 Å². The van der Waals surface area contributed by atoms with Gasteiger partial charge in [-0.25, -0.2) is 9.97 Å². The zero-order chi connectivity index (χ0) is 10.3. The molecule has 3 rings (SSSR count). The van der Waals surface area contributed by atoms with Gasteiger partial charge in [0.2, 0.25) is 0 Å². The Morgan fingerprint density at radius 1 is 1.20 bits per heavy atom. The van der Waals surface area contributed by atoms with Crippen LogP contribution in [-0.2, 0) is 0 Å². The SMILES string of the molecule is Nc1cc(NC2CCC2)nc(C2CC2)n1. The third-order valence-corrected chi connectivity index (χ3v) is 3.16. The van der Waals surface area contributed by atoms with Crippen molar-refractivity contribution in [2.75, 3.05) is 11.1 Å². The van der Waals surface area contributed by atoms with Gasteiger partial charge in [-0.2, -0.15) is 0 Å². The van der Waals surface area contributed by atoms with E-state index in [-0.39, 0.29) is 0 Å². The minimum absolute atomic E-state index is 0.565. The summed E-state index contributed by atoms with van der Waals surface area (Å²) in [6.45, 7) is 0. The first-order chi connectivity index (χ1) is 7.31. The van der Waals surface area contributed by atoms with Gasteiger partial charge in [0.15, 0.2) is 0 Å². The van der Waals surface area contributed by atoms with E-state index in [9.17, 15) is 0 Å². The maximum absolute atomic E-state index is 5.77. The predicted octanol–water partition coefficient (Wildman–Crippen LogP) is 1.90. The quantitative estimate of drug-likeness (QED) is 0.789. The van der Waals surface area contributed by atoms with Gasteiger partial charge >= 0.3 is 0 Å². The van der Waals surface area contributed by atoms with Crippen molar-refractivity contribution in [2.24, 2.45) is 0 Å². The fourth-order valence-corrected chi connectivity index (χ4v) is 1.85. The maximum atomic E-state index is 5.77. The van der Waals surface area contributed by atoms with Gasteiger partial charge < -0.3 is 11.1 Å². The Balaban J connectivity index is 1.79. The second-order valence-corrected chi connectivity index (χ2v) is 4.58. The standard InChI is InChI=1S/C11H16N4/c12-9-6-10(13-8-2-1-3-8)15-11(14-9)7-4-5-7/h6-8H,1-5H2,(H3,12,13,14,15). The number of nitrogens with two attached hydrogens (primary N) is 1. The largest absolute Gasteiger partial charge is 0.384 e. The summed E-state index contributed by atoms with van der Waals surface area (Å²) in [6, 6.07) is 2.44. The van der Waals surface area contributed by atoms with E-state index in [4.69, 9.17) is 5.73 Å². The summed E-state index contributed by atoms with van der Waals surface area (Å²) < 4.78 is 0. The molecule has 2 aliphatic carbocycles. The van der Waals surface area contributed by atoms with Gasteiger partial charge in [0, 0.05) is 18.0 Å². The zero-order valence-electron chi connectivity index (χ0n) is 8.74. The minimum Gasteiger partial charge on any atom is -0.384 e. The number of nitrogen functional groups attached to an aromatic ring is 1. The lowest BCUT2D eigenvalue weighted by atomic mass is 9.93.